The minimum atomic E-state index is 0.0333. The van der Waals surface area contributed by atoms with Crippen molar-refractivity contribution in [1.29, 1.82) is 0 Å². The zero-order chi connectivity index (χ0) is 11.8. The summed E-state index contributed by atoms with van der Waals surface area (Å²) in [4.78, 5) is 8.78. The van der Waals surface area contributed by atoms with Gasteiger partial charge in [0.25, 0.3) is 0 Å². The van der Waals surface area contributed by atoms with E-state index in [1.54, 1.807) is 17.1 Å². The molecule has 0 fully saturated rings. The Hall–Kier alpha value is -1.71. The molecule has 0 amide bonds. The first-order chi connectivity index (χ1) is 7.47. The minimum absolute atomic E-state index is 0.0333. The lowest BCUT2D eigenvalue weighted by Gasteiger charge is -2.16. The Morgan fingerprint density at radius 1 is 1.06 bits per heavy atom. The Bertz CT molecular complexity index is 476. The maximum Gasteiger partial charge on any atom is 0.171 e. The lowest BCUT2D eigenvalue weighted by atomic mass is 9.93. The Balaban J connectivity index is 2.33. The summed E-state index contributed by atoms with van der Waals surface area (Å²) in [6.45, 7) is 8.36. The third kappa shape index (κ3) is 2.10. The van der Waals surface area contributed by atoms with Crippen LogP contribution in [-0.2, 0) is 5.41 Å². The van der Waals surface area contributed by atoms with E-state index in [1.165, 1.54) is 0 Å². The molecule has 0 aromatic carbocycles. The highest BCUT2D eigenvalue weighted by Crippen LogP contribution is 2.18. The zero-order valence-corrected chi connectivity index (χ0v) is 10.1. The molecule has 2 aromatic rings. The molecular formula is C12H16N4. The van der Waals surface area contributed by atoms with Crippen LogP contribution in [-0.4, -0.2) is 19.7 Å². The van der Waals surface area contributed by atoms with E-state index in [0.29, 0.717) is 0 Å². The monoisotopic (exact) mass is 216 g/mol. The molecule has 4 heteroatoms. The lowest BCUT2D eigenvalue weighted by Crippen LogP contribution is -2.14. The summed E-state index contributed by atoms with van der Waals surface area (Å²) in [7, 11) is 0. The van der Waals surface area contributed by atoms with Crippen LogP contribution in [0.3, 0.4) is 0 Å². The van der Waals surface area contributed by atoms with Gasteiger partial charge < -0.3 is 0 Å². The zero-order valence-electron chi connectivity index (χ0n) is 10.1. The van der Waals surface area contributed by atoms with Crippen molar-refractivity contribution in [3.8, 4) is 5.82 Å². The van der Waals surface area contributed by atoms with Crippen molar-refractivity contribution < 1.29 is 0 Å². The van der Waals surface area contributed by atoms with E-state index in [1.807, 2.05) is 19.3 Å². The Labute approximate surface area is 95.4 Å². The van der Waals surface area contributed by atoms with Crippen molar-refractivity contribution >= 4 is 0 Å². The van der Waals surface area contributed by atoms with Crippen molar-refractivity contribution in [2.75, 3.05) is 0 Å². The molecule has 84 valence electrons. The van der Waals surface area contributed by atoms with Crippen LogP contribution in [0.2, 0.25) is 0 Å². The first-order valence-corrected chi connectivity index (χ1v) is 5.31. The van der Waals surface area contributed by atoms with Gasteiger partial charge >= 0.3 is 0 Å². The second kappa shape index (κ2) is 3.70. The van der Waals surface area contributed by atoms with Crippen LogP contribution in [0.25, 0.3) is 5.82 Å². The van der Waals surface area contributed by atoms with E-state index in [2.05, 4.69) is 35.8 Å². The number of hydrogen-bond donors (Lipinski definition) is 0. The van der Waals surface area contributed by atoms with E-state index in [9.17, 15) is 0 Å². The van der Waals surface area contributed by atoms with Gasteiger partial charge in [-0.15, -0.1) is 0 Å². The standard InChI is InChI=1S/C12H16N4/c1-9-5-15-16(8-9)11-7-13-10(6-14-11)12(2,3)4/h5-8H,1-4H3. The predicted octanol–water partition coefficient (Wildman–Crippen LogP) is 2.27. The molecule has 16 heavy (non-hydrogen) atoms. The van der Waals surface area contributed by atoms with E-state index in [0.717, 1.165) is 17.1 Å². The van der Waals surface area contributed by atoms with Gasteiger partial charge in [-0.3, -0.25) is 4.98 Å². The highest BCUT2D eigenvalue weighted by atomic mass is 15.3. The van der Waals surface area contributed by atoms with Crippen molar-refractivity contribution in [1.82, 2.24) is 19.7 Å². The highest BCUT2D eigenvalue weighted by molar-refractivity contribution is 5.21. The average molecular weight is 216 g/mol. The first kappa shape index (κ1) is 10.8. The van der Waals surface area contributed by atoms with Crippen LogP contribution in [0.15, 0.2) is 24.8 Å². The topological polar surface area (TPSA) is 43.6 Å². The Morgan fingerprint density at radius 2 is 1.81 bits per heavy atom. The average Bonchev–Trinajstić information content (AvgIpc) is 2.64. The summed E-state index contributed by atoms with van der Waals surface area (Å²) in [6, 6.07) is 0. The second-order valence-electron chi connectivity index (χ2n) is 4.97. The molecule has 4 nitrogen and oxygen atoms in total. The quantitative estimate of drug-likeness (QED) is 0.734. The fourth-order valence-electron chi connectivity index (χ4n) is 1.36. The van der Waals surface area contributed by atoms with Crippen LogP contribution in [0.5, 0.6) is 0 Å². The number of hydrogen-bond acceptors (Lipinski definition) is 3. The van der Waals surface area contributed by atoms with Gasteiger partial charge in [-0.25, -0.2) is 9.67 Å². The maximum absolute atomic E-state index is 4.41. The van der Waals surface area contributed by atoms with Gasteiger partial charge in [0.05, 0.1) is 24.3 Å². The van der Waals surface area contributed by atoms with Crippen LogP contribution < -0.4 is 0 Å². The molecule has 0 radical (unpaired) electrons. The predicted molar refractivity (Wildman–Crippen MR) is 62.6 cm³/mol. The summed E-state index contributed by atoms with van der Waals surface area (Å²) in [5, 5.41) is 4.19. The van der Waals surface area contributed by atoms with E-state index >= 15 is 0 Å². The molecule has 2 rings (SSSR count). The molecule has 0 aliphatic rings. The van der Waals surface area contributed by atoms with Gasteiger partial charge in [0.1, 0.15) is 0 Å². The largest absolute Gasteiger partial charge is 0.255 e. The maximum atomic E-state index is 4.41. The molecular weight excluding hydrogens is 200 g/mol. The van der Waals surface area contributed by atoms with E-state index in [-0.39, 0.29) is 5.41 Å². The number of aryl methyl sites for hydroxylation is 1. The Morgan fingerprint density at radius 3 is 2.25 bits per heavy atom. The highest BCUT2D eigenvalue weighted by Gasteiger charge is 2.15. The van der Waals surface area contributed by atoms with Crippen LogP contribution >= 0.6 is 0 Å². The molecule has 0 N–H and O–H groups in total. The third-order valence-corrected chi connectivity index (χ3v) is 2.35. The second-order valence-corrected chi connectivity index (χ2v) is 4.97. The van der Waals surface area contributed by atoms with Crippen LogP contribution in [0.4, 0.5) is 0 Å². The van der Waals surface area contributed by atoms with E-state index in [4.69, 9.17) is 0 Å². The van der Waals surface area contributed by atoms with Crippen LogP contribution in [0, 0.1) is 6.92 Å². The minimum Gasteiger partial charge on any atom is -0.255 e. The number of rotatable bonds is 1. The third-order valence-electron chi connectivity index (χ3n) is 2.35. The normalized spacial score (nSPS) is 11.8. The molecule has 0 unspecified atom stereocenters. The van der Waals surface area contributed by atoms with Crippen molar-refractivity contribution in [2.45, 2.75) is 33.1 Å². The molecule has 0 aliphatic carbocycles. The first-order valence-electron chi connectivity index (χ1n) is 5.31. The molecule has 2 aromatic heterocycles. The molecule has 0 saturated heterocycles. The molecule has 2 heterocycles. The fourth-order valence-corrected chi connectivity index (χ4v) is 1.36. The lowest BCUT2D eigenvalue weighted by molar-refractivity contribution is 0.564. The summed E-state index contributed by atoms with van der Waals surface area (Å²) in [6.07, 6.45) is 7.31. The SMILES string of the molecule is Cc1cnn(-c2cnc(C(C)(C)C)cn2)c1. The van der Waals surface area contributed by atoms with Gasteiger partial charge in [0, 0.05) is 11.6 Å². The number of aromatic nitrogens is 4. The van der Waals surface area contributed by atoms with Crippen molar-refractivity contribution in [3.63, 3.8) is 0 Å². The number of nitrogens with zero attached hydrogens (tertiary/aromatic N) is 4. The van der Waals surface area contributed by atoms with Gasteiger partial charge in [-0.05, 0) is 12.5 Å². The van der Waals surface area contributed by atoms with Crippen molar-refractivity contribution in [3.05, 3.63) is 36.0 Å². The molecule has 0 saturated carbocycles. The van der Waals surface area contributed by atoms with Gasteiger partial charge in [0.15, 0.2) is 5.82 Å². The summed E-state index contributed by atoms with van der Waals surface area (Å²) < 4.78 is 1.73. The Kier molecular flexibility index (Phi) is 2.50. The summed E-state index contributed by atoms with van der Waals surface area (Å²) in [5.41, 5.74) is 2.13. The summed E-state index contributed by atoms with van der Waals surface area (Å²) in [5.74, 6) is 0.751. The molecule has 0 spiro atoms. The summed E-state index contributed by atoms with van der Waals surface area (Å²) >= 11 is 0. The van der Waals surface area contributed by atoms with E-state index < -0.39 is 0 Å². The molecule has 0 bridgehead atoms. The van der Waals surface area contributed by atoms with Crippen molar-refractivity contribution in [2.24, 2.45) is 0 Å². The molecule has 0 atom stereocenters. The van der Waals surface area contributed by atoms with Gasteiger partial charge in [-0.2, -0.15) is 5.10 Å². The fraction of sp³-hybridized carbons (Fsp3) is 0.417. The smallest absolute Gasteiger partial charge is 0.171 e. The van der Waals surface area contributed by atoms with Gasteiger partial charge in [-0.1, -0.05) is 20.8 Å². The van der Waals surface area contributed by atoms with Gasteiger partial charge in [0.2, 0.25) is 0 Å². The molecule has 0 aliphatic heterocycles. The van der Waals surface area contributed by atoms with Crippen LogP contribution in [0.1, 0.15) is 32.0 Å².